The Bertz CT molecular complexity index is 634. The lowest BCUT2D eigenvalue weighted by Gasteiger charge is -2.13. The van der Waals surface area contributed by atoms with Crippen molar-refractivity contribution in [3.05, 3.63) is 52.7 Å². The summed E-state index contributed by atoms with van der Waals surface area (Å²) in [4.78, 5) is 5.06. The third-order valence-electron chi connectivity index (χ3n) is 2.90. The van der Waals surface area contributed by atoms with Crippen molar-refractivity contribution in [2.75, 3.05) is 0 Å². The number of nitrogens with two attached hydrogens (primary N) is 1. The first kappa shape index (κ1) is 15.9. The molecular weight excluding hydrogens is 297 g/mol. The van der Waals surface area contributed by atoms with Crippen LogP contribution in [0.15, 0.2) is 40.3 Å². The van der Waals surface area contributed by atoms with Crippen LogP contribution in [-0.4, -0.2) is 4.98 Å². The molecule has 0 aliphatic heterocycles. The Morgan fingerprint density at radius 1 is 1.14 bits per heavy atom. The second kappa shape index (κ2) is 6.07. The average molecular weight is 312 g/mol. The largest absolute Gasteiger partial charge is 0.416 e. The Morgan fingerprint density at radius 3 is 2.43 bits per heavy atom. The zero-order valence-electron chi connectivity index (χ0n) is 11.7. The molecule has 2 rings (SSSR count). The van der Waals surface area contributed by atoms with E-state index < -0.39 is 11.7 Å². The number of nitrogens with zero attached hydrogens (tertiary/aromatic N) is 1. The molecule has 2 nitrogen and oxygen atoms in total. The van der Waals surface area contributed by atoms with Crippen LogP contribution in [0.1, 0.15) is 22.4 Å². The fourth-order valence-electron chi connectivity index (χ4n) is 2.06. The van der Waals surface area contributed by atoms with Gasteiger partial charge < -0.3 is 5.73 Å². The van der Waals surface area contributed by atoms with E-state index in [4.69, 9.17) is 5.73 Å². The Balaban J connectivity index is 2.33. The summed E-state index contributed by atoms with van der Waals surface area (Å²) in [5, 5.41) is 0.759. The van der Waals surface area contributed by atoms with Crippen molar-refractivity contribution in [2.24, 2.45) is 5.73 Å². The lowest BCUT2D eigenvalue weighted by molar-refractivity contribution is -0.138. The molecule has 1 heterocycles. The van der Waals surface area contributed by atoms with Crippen LogP contribution in [0.2, 0.25) is 0 Å². The predicted octanol–water partition coefficient (Wildman–Crippen LogP) is 4.33. The second-order valence-electron chi connectivity index (χ2n) is 4.75. The van der Waals surface area contributed by atoms with Crippen LogP contribution in [0.5, 0.6) is 0 Å². The molecule has 0 bridgehead atoms. The normalized spacial score (nSPS) is 11.7. The third-order valence-corrected chi connectivity index (χ3v) is 3.81. The molecule has 0 atom stereocenters. The van der Waals surface area contributed by atoms with Crippen LogP contribution in [0.4, 0.5) is 13.2 Å². The summed E-state index contributed by atoms with van der Waals surface area (Å²) < 4.78 is 38.5. The molecule has 0 amide bonds. The molecule has 0 fully saturated rings. The topological polar surface area (TPSA) is 38.9 Å². The molecule has 0 radical (unpaired) electrons. The monoisotopic (exact) mass is 312 g/mol. The maximum absolute atomic E-state index is 12.8. The number of pyridine rings is 1. The minimum absolute atomic E-state index is 0.0943. The summed E-state index contributed by atoms with van der Waals surface area (Å²) in [7, 11) is 0. The zero-order chi connectivity index (χ0) is 15.6. The summed E-state index contributed by atoms with van der Waals surface area (Å²) in [5.74, 6) is 0. The molecule has 21 heavy (non-hydrogen) atoms. The van der Waals surface area contributed by atoms with E-state index in [1.54, 1.807) is 0 Å². The van der Waals surface area contributed by atoms with Crippen LogP contribution in [0, 0.1) is 13.8 Å². The maximum atomic E-state index is 12.8. The van der Waals surface area contributed by atoms with Gasteiger partial charge in [0.1, 0.15) is 5.03 Å². The third kappa shape index (κ3) is 3.98. The number of benzene rings is 1. The molecule has 0 aliphatic rings. The van der Waals surface area contributed by atoms with Crippen molar-refractivity contribution in [1.82, 2.24) is 4.98 Å². The molecule has 0 saturated heterocycles. The first-order valence-electron chi connectivity index (χ1n) is 6.33. The molecule has 112 valence electrons. The number of alkyl halides is 3. The molecule has 0 saturated carbocycles. The highest BCUT2D eigenvalue weighted by Crippen LogP contribution is 2.35. The Hall–Kier alpha value is -1.53. The van der Waals surface area contributed by atoms with E-state index in [-0.39, 0.29) is 12.1 Å². The van der Waals surface area contributed by atoms with E-state index in [0.29, 0.717) is 4.90 Å². The molecule has 1 aromatic carbocycles. The molecule has 1 aromatic heterocycles. The number of aromatic nitrogens is 1. The molecule has 6 heteroatoms. The Kier molecular flexibility index (Phi) is 4.58. The van der Waals surface area contributed by atoms with Crippen molar-refractivity contribution < 1.29 is 13.2 Å². The number of aryl methyl sites for hydroxylation is 2. The van der Waals surface area contributed by atoms with Gasteiger partial charge in [-0.05, 0) is 55.3 Å². The van der Waals surface area contributed by atoms with Gasteiger partial charge in [0.05, 0.1) is 5.56 Å². The van der Waals surface area contributed by atoms with Crippen molar-refractivity contribution in [3.8, 4) is 0 Å². The minimum Gasteiger partial charge on any atom is -0.326 e. The summed E-state index contributed by atoms with van der Waals surface area (Å²) in [6.45, 7) is 3.69. The van der Waals surface area contributed by atoms with Crippen LogP contribution in [0.25, 0.3) is 0 Å². The summed E-state index contributed by atoms with van der Waals surface area (Å²) in [5.41, 5.74) is 6.79. The number of halogens is 3. The van der Waals surface area contributed by atoms with Gasteiger partial charge in [-0.1, -0.05) is 11.8 Å². The number of hydrogen-bond acceptors (Lipinski definition) is 3. The van der Waals surface area contributed by atoms with E-state index in [1.165, 1.54) is 23.9 Å². The first-order chi connectivity index (χ1) is 9.79. The summed E-state index contributed by atoms with van der Waals surface area (Å²) >= 11 is 1.33. The maximum Gasteiger partial charge on any atom is 0.416 e. The van der Waals surface area contributed by atoms with Gasteiger partial charge in [0.2, 0.25) is 0 Å². The van der Waals surface area contributed by atoms with Gasteiger partial charge in [-0.3, -0.25) is 0 Å². The van der Waals surface area contributed by atoms with Crippen molar-refractivity contribution >= 4 is 11.8 Å². The molecule has 0 unspecified atom stereocenters. The predicted molar refractivity (Wildman–Crippen MR) is 77.2 cm³/mol. The van der Waals surface area contributed by atoms with E-state index in [1.807, 2.05) is 26.0 Å². The molecule has 2 N–H and O–H groups in total. The van der Waals surface area contributed by atoms with Gasteiger partial charge in [-0.15, -0.1) is 0 Å². The zero-order valence-corrected chi connectivity index (χ0v) is 12.5. The first-order valence-corrected chi connectivity index (χ1v) is 7.14. The van der Waals surface area contributed by atoms with Gasteiger partial charge in [0.15, 0.2) is 0 Å². The van der Waals surface area contributed by atoms with Crippen molar-refractivity contribution in [3.63, 3.8) is 0 Å². The standard InChI is InChI=1S/C15H15F3N2S/c1-9-5-10(2)20-14(6-9)21-12-3-4-13(15(16,17)18)11(7-12)8-19/h3-7H,8,19H2,1-2H3. The molecular formula is C15H15F3N2S. The molecule has 2 aromatic rings. The smallest absolute Gasteiger partial charge is 0.326 e. The minimum atomic E-state index is -4.38. The fraction of sp³-hybridized carbons (Fsp3) is 0.267. The average Bonchev–Trinajstić information content (AvgIpc) is 2.36. The van der Waals surface area contributed by atoms with Crippen LogP contribution >= 0.6 is 11.8 Å². The van der Waals surface area contributed by atoms with Gasteiger partial charge in [-0.25, -0.2) is 4.98 Å². The van der Waals surface area contributed by atoms with Crippen LogP contribution in [-0.2, 0) is 12.7 Å². The highest BCUT2D eigenvalue weighted by atomic mass is 32.2. The van der Waals surface area contributed by atoms with Gasteiger partial charge >= 0.3 is 6.18 Å². The van der Waals surface area contributed by atoms with E-state index in [0.717, 1.165) is 22.3 Å². The lowest BCUT2D eigenvalue weighted by atomic mass is 10.1. The number of rotatable bonds is 3. The Morgan fingerprint density at radius 2 is 1.86 bits per heavy atom. The van der Waals surface area contributed by atoms with E-state index >= 15 is 0 Å². The Labute approximate surface area is 125 Å². The van der Waals surface area contributed by atoms with Crippen LogP contribution < -0.4 is 5.73 Å². The van der Waals surface area contributed by atoms with E-state index in [9.17, 15) is 13.2 Å². The summed E-state index contributed by atoms with van der Waals surface area (Å²) in [6, 6.07) is 7.85. The molecule has 0 spiro atoms. The van der Waals surface area contributed by atoms with Gasteiger partial charge in [0, 0.05) is 17.1 Å². The lowest BCUT2D eigenvalue weighted by Crippen LogP contribution is -2.11. The fourth-order valence-corrected chi connectivity index (χ4v) is 3.07. The highest BCUT2D eigenvalue weighted by molar-refractivity contribution is 7.99. The van der Waals surface area contributed by atoms with Gasteiger partial charge in [-0.2, -0.15) is 13.2 Å². The highest BCUT2D eigenvalue weighted by Gasteiger charge is 2.32. The van der Waals surface area contributed by atoms with Crippen molar-refractivity contribution in [2.45, 2.75) is 36.5 Å². The van der Waals surface area contributed by atoms with E-state index in [2.05, 4.69) is 4.98 Å². The SMILES string of the molecule is Cc1cc(C)nc(Sc2ccc(C(F)(F)F)c(CN)c2)c1. The second-order valence-corrected chi connectivity index (χ2v) is 5.84. The molecule has 0 aliphatic carbocycles. The number of hydrogen-bond donors (Lipinski definition) is 1. The van der Waals surface area contributed by atoms with Crippen molar-refractivity contribution in [1.29, 1.82) is 0 Å². The quantitative estimate of drug-likeness (QED) is 0.917. The van der Waals surface area contributed by atoms with Crippen LogP contribution in [0.3, 0.4) is 0 Å². The summed E-state index contributed by atoms with van der Waals surface area (Å²) in [6.07, 6.45) is -4.38. The van der Waals surface area contributed by atoms with Gasteiger partial charge in [0.25, 0.3) is 0 Å².